The van der Waals surface area contributed by atoms with E-state index in [-0.39, 0.29) is 0 Å². The van der Waals surface area contributed by atoms with Gasteiger partial charge in [0.2, 0.25) is 0 Å². The lowest BCUT2D eigenvalue weighted by Crippen LogP contribution is -2.05. The average Bonchev–Trinajstić information content (AvgIpc) is 3.35. The molecule has 0 bridgehead atoms. The number of aromatic nitrogens is 3. The summed E-state index contributed by atoms with van der Waals surface area (Å²) < 4.78 is 39.7. The lowest BCUT2D eigenvalue weighted by Gasteiger charge is -2.11. The number of hydrogen-bond acceptors (Lipinski definition) is 5. The van der Waals surface area contributed by atoms with Crippen LogP contribution in [0, 0.1) is 0 Å². The molecule has 0 aliphatic rings. The molecule has 0 saturated carbocycles. The normalized spacial score (nSPS) is 11.3. The fraction of sp³-hybridized carbons (Fsp3) is 0.154. The minimum Gasteiger partial charge on any atom is -0.396 e. The van der Waals surface area contributed by atoms with Crippen LogP contribution in [0.2, 0.25) is 0 Å². The van der Waals surface area contributed by atoms with Crippen molar-refractivity contribution >= 4 is 29.6 Å². The summed E-state index contributed by atoms with van der Waals surface area (Å²) >= 11 is 4.05. The van der Waals surface area contributed by atoms with E-state index in [0.29, 0.717) is 17.4 Å². The molecule has 4 aromatic rings. The van der Waals surface area contributed by atoms with Crippen LogP contribution in [-0.4, -0.2) is 26.5 Å². The summed E-state index contributed by atoms with van der Waals surface area (Å²) in [7, 11) is 0. The van der Waals surface area contributed by atoms with E-state index in [1.54, 1.807) is 6.21 Å². The van der Waals surface area contributed by atoms with E-state index in [1.165, 1.54) is 28.7 Å². The van der Waals surface area contributed by atoms with Gasteiger partial charge in [0.1, 0.15) is 6.33 Å². The highest BCUT2D eigenvalue weighted by molar-refractivity contribution is 7.78. The Labute approximate surface area is 212 Å². The van der Waals surface area contributed by atoms with Gasteiger partial charge < -0.3 is 5.73 Å². The number of nitrogens with one attached hydrogen (secondary N) is 1. The zero-order valence-electron chi connectivity index (χ0n) is 19.6. The van der Waals surface area contributed by atoms with Gasteiger partial charge in [0.15, 0.2) is 5.82 Å². The number of thiocarbonyl (C=S) groups is 1. The number of hydrogen-bond donors (Lipinski definition) is 2. The van der Waals surface area contributed by atoms with Gasteiger partial charge in [0.25, 0.3) is 0 Å². The second kappa shape index (κ2) is 12.1. The minimum atomic E-state index is -4.37. The second-order valence-electron chi connectivity index (χ2n) is 7.93. The van der Waals surface area contributed by atoms with Crippen LogP contribution < -0.4 is 11.2 Å². The summed E-state index contributed by atoms with van der Waals surface area (Å²) in [6, 6.07) is 20.4. The summed E-state index contributed by atoms with van der Waals surface area (Å²) in [4.78, 5) is 4.28. The van der Waals surface area contributed by atoms with E-state index in [4.69, 9.17) is 0 Å². The SMILES string of the molecule is CC(C)c1ccccc1N/N=C\c1ccc(-c2ncn(-c3ccc(C(F)(F)F)cc3)n2)cc1.NC=S. The maximum absolute atomic E-state index is 12.7. The maximum atomic E-state index is 12.7. The van der Waals surface area contributed by atoms with E-state index < -0.39 is 11.7 Å². The topological polar surface area (TPSA) is 81.1 Å². The molecule has 3 aromatic carbocycles. The van der Waals surface area contributed by atoms with Crippen molar-refractivity contribution < 1.29 is 13.2 Å². The van der Waals surface area contributed by atoms with Crippen LogP contribution in [0.5, 0.6) is 0 Å². The van der Waals surface area contributed by atoms with Crippen LogP contribution >= 0.6 is 12.2 Å². The van der Waals surface area contributed by atoms with Gasteiger partial charge in [-0.25, -0.2) is 9.67 Å². The highest BCUT2D eigenvalue weighted by Gasteiger charge is 2.30. The highest BCUT2D eigenvalue weighted by atomic mass is 32.1. The van der Waals surface area contributed by atoms with Crippen LogP contribution in [0.4, 0.5) is 18.9 Å². The number of rotatable bonds is 6. The zero-order chi connectivity index (χ0) is 26.1. The summed E-state index contributed by atoms with van der Waals surface area (Å²) in [5.74, 6) is 0.862. The number of hydrazone groups is 1. The Kier molecular flexibility index (Phi) is 8.91. The van der Waals surface area contributed by atoms with Crippen molar-refractivity contribution in [2.75, 3.05) is 5.43 Å². The van der Waals surface area contributed by atoms with Crippen molar-refractivity contribution in [1.29, 1.82) is 0 Å². The van der Waals surface area contributed by atoms with Gasteiger partial charge in [-0.05, 0) is 47.4 Å². The molecule has 0 aliphatic carbocycles. The van der Waals surface area contributed by atoms with Crippen LogP contribution in [0.15, 0.2) is 84.2 Å². The summed E-state index contributed by atoms with van der Waals surface area (Å²) in [5, 5.41) is 8.71. The molecular weight excluding hydrogens is 485 g/mol. The Bertz CT molecular complexity index is 1300. The molecular formula is C26H25F3N6S. The van der Waals surface area contributed by atoms with Gasteiger partial charge in [-0.2, -0.15) is 18.3 Å². The monoisotopic (exact) mass is 510 g/mol. The van der Waals surface area contributed by atoms with Crippen LogP contribution in [-0.2, 0) is 6.18 Å². The molecule has 1 aromatic heterocycles. The van der Waals surface area contributed by atoms with Crippen molar-refractivity contribution in [3.05, 3.63) is 95.8 Å². The number of anilines is 1. The molecule has 1 heterocycles. The molecule has 10 heteroatoms. The molecule has 0 unspecified atom stereocenters. The van der Waals surface area contributed by atoms with Gasteiger partial charge in [-0.3, -0.25) is 5.43 Å². The lowest BCUT2D eigenvalue weighted by atomic mass is 10.0. The number of benzene rings is 3. The Morgan fingerprint density at radius 2 is 1.64 bits per heavy atom. The molecule has 0 amide bonds. The van der Waals surface area contributed by atoms with Crippen molar-refractivity contribution in [3.63, 3.8) is 0 Å². The first-order chi connectivity index (χ1) is 17.2. The van der Waals surface area contributed by atoms with E-state index in [0.717, 1.165) is 34.4 Å². The molecule has 0 fully saturated rings. The Morgan fingerprint density at radius 1 is 1.00 bits per heavy atom. The van der Waals surface area contributed by atoms with Crippen molar-refractivity contribution in [3.8, 4) is 17.1 Å². The van der Waals surface area contributed by atoms with Gasteiger partial charge in [0.05, 0.1) is 28.6 Å². The van der Waals surface area contributed by atoms with E-state index in [2.05, 4.69) is 58.5 Å². The van der Waals surface area contributed by atoms with Gasteiger partial charge in [-0.15, -0.1) is 5.10 Å². The number of alkyl halides is 3. The Morgan fingerprint density at radius 3 is 2.25 bits per heavy atom. The Balaban J connectivity index is 0.00000115. The van der Waals surface area contributed by atoms with Crippen LogP contribution in [0.1, 0.15) is 36.5 Å². The number of halogens is 3. The molecule has 0 aliphatic heterocycles. The third kappa shape index (κ3) is 6.98. The summed E-state index contributed by atoms with van der Waals surface area (Å²) in [6.07, 6.45) is -1.16. The molecule has 4 rings (SSSR count). The molecule has 36 heavy (non-hydrogen) atoms. The maximum Gasteiger partial charge on any atom is 0.416 e. The fourth-order valence-corrected chi connectivity index (χ4v) is 3.32. The highest BCUT2D eigenvalue weighted by Crippen LogP contribution is 2.29. The van der Waals surface area contributed by atoms with Crippen molar-refractivity contribution in [2.24, 2.45) is 10.8 Å². The van der Waals surface area contributed by atoms with E-state index >= 15 is 0 Å². The first kappa shape index (κ1) is 26.6. The predicted molar refractivity (Wildman–Crippen MR) is 141 cm³/mol. The summed E-state index contributed by atoms with van der Waals surface area (Å²) in [6.45, 7) is 4.27. The van der Waals surface area contributed by atoms with Crippen molar-refractivity contribution in [1.82, 2.24) is 14.8 Å². The minimum absolute atomic E-state index is 0.387. The summed E-state index contributed by atoms with van der Waals surface area (Å²) in [5.41, 5.74) is 12.4. The van der Waals surface area contributed by atoms with Gasteiger partial charge >= 0.3 is 6.18 Å². The molecule has 0 spiro atoms. The first-order valence-corrected chi connectivity index (χ1v) is 11.4. The zero-order valence-corrected chi connectivity index (χ0v) is 20.5. The smallest absolute Gasteiger partial charge is 0.396 e. The van der Waals surface area contributed by atoms with Gasteiger partial charge in [-0.1, -0.05) is 68.5 Å². The van der Waals surface area contributed by atoms with Crippen LogP contribution in [0.25, 0.3) is 17.1 Å². The molecule has 0 saturated heterocycles. The number of nitrogens with two attached hydrogens (primary N) is 1. The molecule has 3 N–H and O–H groups in total. The largest absolute Gasteiger partial charge is 0.416 e. The van der Waals surface area contributed by atoms with Gasteiger partial charge in [0, 0.05) is 5.56 Å². The standard InChI is InChI=1S/C25H22F3N5.CH3NS/c1-17(2)22-5-3-4-6-23(22)31-30-15-18-7-9-19(10-8-18)24-29-16-33(32-24)21-13-11-20(12-14-21)25(26,27)28;2-1-3/h3-17,31H,1-2H3;1H,(H2,2,3)/b30-15-;. The quantitative estimate of drug-likeness (QED) is 0.178. The third-order valence-corrected chi connectivity index (χ3v) is 5.10. The average molecular weight is 511 g/mol. The second-order valence-corrected chi connectivity index (χ2v) is 8.20. The lowest BCUT2D eigenvalue weighted by molar-refractivity contribution is -0.137. The molecule has 6 nitrogen and oxygen atoms in total. The third-order valence-electron chi connectivity index (χ3n) is 5.10. The Hall–Kier alpha value is -4.05. The predicted octanol–water partition coefficient (Wildman–Crippen LogP) is 6.42. The van der Waals surface area contributed by atoms with Crippen molar-refractivity contribution in [2.45, 2.75) is 25.9 Å². The molecule has 186 valence electrons. The molecule has 0 radical (unpaired) electrons. The first-order valence-electron chi connectivity index (χ1n) is 11.0. The number of para-hydroxylation sites is 1. The fourth-order valence-electron chi connectivity index (χ4n) is 3.32. The van der Waals surface area contributed by atoms with E-state index in [9.17, 15) is 13.2 Å². The number of nitrogens with zero attached hydrogens (tertiary/aromatic N) is 4. The molecule has 0 atom stereocenters. The van der Waals surface area contributed by atoms with Crippen LogP contribution in [0.3, 0.4) is 0 Å². The van der Waals surface area contributed by atoms with E-state index in [1.807, 2.05) is 42.5 Å².